The van der Waals surface area contributed by atoms with Crippen LogP contribution < -0.4 is 10.4 Å². The third kappa shape index (κ3) is 4.13. The number of carbonyl (C=O) groups is 1. The second-order valence-corrected chi connectivity index (χ2v) is 4.23. The first-order valence-corrected chi connectivity index (χ1v) is 6.38. The molecule has 0 heterocycles. The van der Waals surface area contributed by atoms with Crippen molar-refractivity contribution < 1.29 is 9.53 Å². The highest BCUT2D eigenvalue weighted by Crippen LogP contribution is 2.24. The van der Waals surface area contributed by atoms with Crippen molar-refractivity contribution in [3.63, 3.8) is 0 Å². The van der Waals surface area contributed by atoms with Crippen molar-refractivity contribution in [1.82, 2.24) is 5.43 Å². The maximum absolute atomic E-state index is 11.5. The summed E-state index contributed by atoms with van der Waals surface area (Å²) in [4.78, 5) is 11.5. The topological polar surface area (TPSA) is 89.2 Å². The Bertz CT molecular complexity index is 643. The molecule has 0 spiro atoms. The Kier molecular flexibility index (Phi) is 6.06. The smallest absolute Gasteiger partial charge is 0.350 e. The third-order valence-corrected chi connectivity index (χ3v) is 2.80. The molecule has 0 aromatic heterocycles. The molecule has 21 heavy (non-hydrogen) atoms. The number of benzene rings is 1. The molecule has 0 unspecified atom stereocenters. The number of nitrogens with zero attached hydrogens (tertiary/aromatic N) is 3. The van der Waals surface area contributed by atoms with Crippen molar-refractivity contribution in [2.75, 3.05) is 18.7 Å². The van der Waals surface area contributed by atoms with E-state index in [9.17, 15) is 4.79 Å². The molecular formula is C14H13ClN4O2. The molecule has 0 aliphatic carbocycles. The Balaban J connectivity index is 2.95. The fraction of sp³-hybridized carbons (Fsp3) is 0.214. The van der Waals surface area contributed by atoms with Crippen molar-refractivity contribution in [3.8, 4) is 12.1 Å². The molecule has 1 aromatic rings. The molecule has 0 fully saturated rings. The van der Waals surface area contributed by atoms with Crippen LogP contribution in [0, 0.1) is 22.7 Å². The number of nitriles is 2. The van der Waals surface area contributed by atoms with Crippen molar-refractivity contribution in [2.24, 2.45) is 0 Å². The Labute approximate surface area is 127 Å². The number of hydrogen-bond donors (Lipinski definition) is 1. The summed E-state index contributed by atoms with van der Waals surface area (Å²) >= 11 is 5.94. The van der Waals surface area contributed by atoms with E-state index in [4.69, 9.17) is 26.9 Å². The van der Waals surface area contributed by atoms with E-state index >= 15 is 0 Å². The van der Waals surface area contributed by atoms with Gasteiger partial charge in [0.05, 0.1) is 22.9 Å². The molecule has 0 saturated carbocycles. The molecule has 0 saturated heterocycles. The zero-order valence-corrected chi connectivity index (χ0v) is 12.3. The number of nitrogens with one attached hydrogen (secondary N) is 1. The van der Waals surface area contributed by atoms with Crippen molar-refractivity contribution >= 4 is 23.3 Å². The molecule has 1 N–H and O–H groups in total. The predicted molar refractivity (Wildman–Crippen MR) is 78.0 cm³/mol. The van der Waals surface area contributed by atoms with Gasteiger partial charge in [-0.3, -0.25) is 5.01 Å². The highest BCUT2D eigenvalue weighted by Gasteiger charge is 2.12. The van der Waals surface area contributed by atoms with E-state index in [0.717, 1.165) is 0 Å². The van der Waals surface area contributed by atoms with Crippen LogP contribution in [-0.4, -0.2) is 19.6 Å². The Morgan fingerprint density at radius 2 is 2.24 bits per heavy atom. The standard InChI is InChI=1S/C14H13ClN4O2/c1-3-21-14(20)10(7-16)9-18-19(2)13-6-4-5-12(15)11(13)8-17/h4-6,9,18H,3H2,1-2H3/b10-9+. The fourth-order valence-electron chi connectivity index (χ4n) is 1.48. The molecule has 0 amide bonds. The summed E-state index contributed by atoms with van der Waals surface area (Å²) < 4.78 is 4.74. The summed E-state index contributed by atoms with van der Waals surface area (Å²) in [6.45, 7) is 1.83. The summed E-state index contributed by atoms with van der Waals surface area (Å²) in [7, 11) is 1.63. The van der Waals surface area contributed by atoms with Gasteiger partial charge in [-0.1, -0.05) is 17.7 Å². The van der Waals surface area contributed by atoms with Crippen molar-refractivity contribution in [1.29, 1.82) is 10.5 Å². The molecule has 108 valence electrons. The van der Waals surface area contributed by atoms with Crippen LogP contribution in [0.5, 0.6) is 0 Å². The normalized spacial score (nSPS) is 10.2. The molecule has 1 aromatic carbocycles. The van der Waals surface area contributed by atoms with Gasteiger partial charge in [0.2, 0.25) is 0 Å². The fourth-order valence-corrected chi connectivity index (χ4v) is 1.69. The maximum Gasteiger partial charge on any atom is 0.350 e. The second-order valence-electron chi connectivity index (χ2n) is 3.82. The van der Waals surface area contributed by atoms with E-state index in [0.29, 0.717) is 10.7 Å². The van der Waals surface area contributed by atoms with Gasteiger partial charge in [0, 0.05) is 13.2 Å². The summed E-state index contributed by atoms with van der Waals surface area (Å²) in [6, 6.07) is 8.72. The number of hydrogen-bond acceptors (Lipinski definition) is 6. The number of ether oxygens (including phenoxy) is 1. The van der Waals surface area contributed by atoms with Gasteiger partial charge in [-0.15, -0.1) is 0 Å². The van der Waals surface area contributed by atoms with Crippen LogP contribution in [0.4, 0.5) is 5.69 Å². The van der Waals surface area contributed by atoms with Crippen molar-refractivity contribution in [3.05, 3.63) is 40.6 Å². The number of esters is 1. The van der Waals surface area contributed by atoms with E-state index in [2.05, 4.69) is 5.43 Å². The first-order chi connectivity index (χ1) is 10.0. The number of halogens is 1. The van der Waals surface area contributed by atoms with E-state index < -0.39 is 5.97 Å². The lowest BCUT2D eigenvalue weighted by atomic mass is 10.2. The Morgan fingerprint density at radius 1 is 1.52 bits per heavy atom. The van der Waals surface area contributed by atoms with Gasteiger partial charge in [0.15, 0.2) is 5.57 Å². The SMILES string of the molecule is CCOC(=O)/C(C#N)=C/NN(C)c1cccc(Cl)c1C#N. The summed E-state index contributed by atoms with van der Waals surface area (Å²) in [5.74, 6) is -0.715. The molecule has 0 aliphatic heterocycles. The van der Waals surface area contributed by atoms with Gasteiger partial charge in [-0.2, -0.15) is 10.5 Å². The molecular weight excluding hydrogens is 292 g/mol. The van der Waals surface area contributed by atoms with Crippen molar-refractivity contribution in [2.45, 2.75) is 6.92 Å². The summed E-state index contributed by atoms with van der Waals surface area (Å²) in [6.07, 6.45) is 1.21. The minimum Gasteiger partial charge on any atom is -0.462 e. The van der Waals surface area contributed by atoms with Gasteiger partial charge in [0.1, 0.15) is 12.1 Å². The van der Waals surface area contributed by atoms with Crippen LogP contribution in [0.25, 0.3) is 0 Å². The highest BCUT2D eigenvalue weighted by molar-refractivity contribution is 6.32. The zero-order valence-electron chi connectivity index (χ0n) is 11.6. The van der Waals surface area contributed by atoms with Crippen LogP contribution in [-0.2, 0) is 9.53 Å². The minimum atomic E-state index is -0.715. The molecule has 0 atom stereocenters. The quantitative estimate of drug-likeness (QED) is 0.388. The van der Waals surface area contributed by atoms with Gasteiger partial charge in [0.25, 0.3) is 0 Å². The van der Waals surface area contributed by atoms with Crippen LogP contribution >= 0.6 is 11.6 Å². The predicted octanol–water partition coefficient (Wildman–Crippen LogP) is 2.12. The lowest BCUT2D eigenvalue weighted by Crippen LogP contribution is -2.31. The van der Waals surface area contributed by atoms with E-state index in [1.165, 1.54) is 11.2 Å². The highest BCUT2D eigenvalue weighted by atomic mass is 35.5. The van der Waals surface area contributed by atoms with Crippen LogP contribution in [0.3, 0.4) is 0 Å². The van der Waals surface area contributed by atoms with Gasteiger partial charge in [-0.25, -0.2) is 4.79 Å². The molecule has 0 radical (unpaired) electrons. The average Bonchev–Trinajstić information content (AvgIpc) is 2.47. The Hall–Kier alpha value is -2.70. The first-order valence-electron chi connectivity index (χ1n) is 6.01. The minimum absolute atomic E-state index is 0.177. The summed E-state index contributed by atoms with van der Waals surface area (Å²) in [5, 5.41) is 19.8. The van der Waals surface area contributed by atoms with E-state index in [1.807, 2.05) is 6.07 Å². The largest absolute Gasteiger partial charge is 0.462 e. The summed E-state index contributed by atoms with van der Waals surface area (Å²) in [5.41, 5.74) is 3.36. The van der Waals surface area contributed by atoms with Gasteiger partial charge >= 0.3 is 5.97 Å². The monoisotopic (exact) mass is 304 g/mol. The number of anilines is 1. The third-order valence-electron chi connectivity index (χ3n) is 2.48. The number of carbonyl (C=O) groups excluding carboxylic acids is 1. The van der Waals surface area contributed by atoms with Gasteiger partial charge < -0.3 is 10.2 Å². The van der Waals surface area contributed by atoms with Gasteiger partial charge in [-0.05, 0) is 19.1 Å². The van der Waals surface area contributed by atoms with Crippen LogP contribution in [0.2, 0.25) is 5.02 Å². The van der Waals surface area contributed by atoms with Crippen LogP contribution in [0.15, 0.2) is 30.0 Å². The lowest BCUT2D eigenvalue weighted by Gasteiger charge is -2.20. The first kappa shape index (κ1) is 16.4. The lowest BCUT2D eigenvalue weighted by molar-refractivity contribution is -0.138. The molecule has 0 aliphatic rings. The number of hydrazine groups is 1. The van der Waals surface area contributed by atoms with E-state index in [1.54, 1.807) is 38.2 Å². The molecule has 1 rings (SSSR count). The Morgan fingerprint density at radius 3 is 2.81 bits per heavy atom. The zero-order chi connectivity index (χ0) is 15.8. The average molecular weight is 305 g/mol. The molecule has 6 nitrogen and oxygen atoms in total. The molecule has 0 bridgehead atoms. The maximum atomic E-state index is 11.5. The number of rotatable bonds is 5. The molecule has 7 heteroatoms. The van der Waals surface area contributed by atoms with Crippen LogP contribution in [0.1, 0.15) is 12.5 Å². The second kappa shape index (κ2) is 7.78. The van der Waals surface area contributed by atoms with E-state index in [-0.39, 0.29) is 17.7 Å².